The Morgan fingerprint density at radius 1 is 0.679 bits per heavy atom. The molecule has 0 saturated carbocycles. The van der Waals surface area contributed by atoms with Crippen LogP contribution in [0, 0.1) is 29.3 Å². The summed E-state index contributed by atoms with van der Waals surface area (Å²) in [7, 11) is 0. The number of pyridine rings is 2. The molecule has 0 unspecified atom stereocenters. The van der Waals surface area contributed by atoms with Gasteiger partial charge in [-0.3, -0.25) is 4.98 Å². The van der Waals surface area contributed by atoms with Crippen LogP contribution in [0.4, 0.5) is 22.0 Å². The van der Waals surface area contributed by atoms with Crippen molar-refractivity contribution in [3.63, 3.8) is 0 Å². The van der Waals surface area contributed by atoms with Crippen molar-refractivity contribution >= 4 is 0 Å². The number of halogens is 5. The Kier molecular flexibility index (Phi) is 4.38. The standard InChI is InChI=1S/C20H10F5N3/c21-12-1-3-13(4-2-12)28-9-14(11-5-7-26-8-6-11)15(10-28)16-17(22)19(24)27-20(25)18(16)23/h1-10H. The van der Waals surface area contributed by atoms with Crippen molar-refractivity contribution in [2.75, 3.05) is 0 Å². The molecule has 4 aromatic rings. The van der Waals surface area contributed by atoms with Gasteiger partial charge in [0, 0.05) is 41.6 Å². The van der Waals surface area contributed by atoms with Crippen LogP contribution < -0.4 is 0 Å². The second-order valence-corrected chi connectivity index (χ2v) is 5.90. The van der Waals surface area contributed by atoms with Gasteiger partial charge in [-0.25, -0.2) is 13.2 Å². The Morgan fingerprint density at radius 2 is 1.25 bits per heavy atom. The fourth-order valence-corrected chi connectivity index (χ4v) is 2.90. The molecule has 140 valence electrons. The van der Waals surface area contributed by atoms with Crippen LogP contribution in [-0.4, -0.2) is 14.5 Å². The molecule has 3 nitrogen and oxygen atoms in total. The van der Waals surface area contributed by atoms with Gasteiger partial charge in [0.05, 0.1) is 5.56 Å². The van der Waals surface area contributed by atoms with E-state index in [1.807, 2.05) is 0 Å². The van der Waals surface area contributed by atoms with Gasteiger partial charge in [-0.05, 0) is 42.0 Å². The van der Waals surface area contributed by atoms with E-state index in [9.17, 15) is 22.0 Å². The molecule has 3 aromatic heterocycles. The normalized spacial score (nSPS) is 11.0. The summed E-state index contributed by atoms with van der Waals surface area (Å²) < 4.78 is 70.7. The second kappa shape index (κ2) is 6.88. The molecule has 4 rings (SSSR count). The van der Waals surface area contributed by atoms with E-state index < -0.39 is 34.9 Å². The van der Waals surface area contributed by atoms with Gasteiger partial charge in [0.25, 0.3) is 11.9 Å². The second-order valence-electron chi connectivity index (χ2n) is 5.90. The average Bonchev–Trinajstić information content (AvgIpc) is 3.13. The van der Waals surface area contributed by atoms with Crippen LogP contribution in [0.5, 0.6) is 0 Å². The molecule has 0 radical (unpaired) electrons. The molecule has 3 heterocycles. The Morgan fingerprint density at radius 3 is 1.86 bits per heavy atom. The number of nitrogens with zero attached hydrogens (tertiary/aromatic N) is 3. The van der Waals surface area contributed by atoms with Crippen LogP contribution in [0.1, 0.15) is 0 Å². The molecule has 28 heavy (non-hydrogen) atoms. The zero-order chi connectivity index (χ0) is 19.8. The topological polar surface area (TPSA) is 30.7 Å². The van der Waals surface area contributed by atoms with Gasteiger partial charge < -0.3 is 4.57 Å². The maximum atomic E-state index is 14.4. The van der Waals surface area contributed by atoms with Crippen molar-refractivity contribution in [1.82, 2.24) is 14.5 Å². The summed E-state index contributed by atoms with van der Waals surface area (Å²) in [6.07, 6.45) is 5.76. The van der Waals surface area contributed by atoms with Crippen LogP contribution in [0.25, 0.3) is 27.9 Å². The van der Waals surface area contributed by atoms with Crippen molar-refractivity contribution in [3.05, 3.63) is 90.5 Å². The molecule has 0 amide bonds. The fraction of sp³-hybridized carbons (Fsp3) is 0. The summed E-state index contributed by atoms with van der Waals surface area (Å²) in [5.74, 6) is -7.16. The number of hydrogen-bond donors (Lipinski definition) is 0. The monoisotopic (exact) mass is 387 g/mol. The molecule has 0 aliphatic carbocycles. The predicted molar refractivity (Wildman–Crippen MR) is 92.0 cm³/mol. The van der Waals surface area contributed by atoms with E-state index in [0.717, 1.165) is 0 Å². The van der Waals surface area contributed by atoms with Gasteiger partial charge >= 0.3 is 0 Å². The van der Waals surface area contributed by atoms with Gasteiger partial charge in [-0.2, -0.15) is 13.8 Å². The molecule has 0 fully saturated rings. The summed E-state index contributed by atoms with van der Waals surface area (Å²) in [6.45, 7) is 0. The minimum absolute atomic E-state index is 0.0919. The molecule has 0 N–H and O–H groups in total. The van der Waals surface area contributed by atoms with Gasteiger partial charge in [-0.15, -0.1) is 0 Å². The van der Waals surface area contributed by atoms with Crippen molar-refractivity contribution < 1.29 is 22.0 Å². The first-order chi connectivity index (χ1) is 13.5. The van der Waals surface area contributed by atoms with E-state index in [2.05, 4.69) is 9.97 Å². The van der Waals surface area contributed by atoms with Crippen molar-refractivity contribution in [2.45, 2.75) is 0 Å². The lowest BCUT2D eigenvalue weighted by Crippen LogP contribution is -2.03. The third-order valence-electron chi connectivity index (χ3n) is 4.21. The lowest BCUT2D eigenvalue weighted by Gasteiger charge is -2.07. The molecule has 8 heteroatoms. The summed E-state index contributed by atoms with van der Waals surface area (Å²) in [5.41, 5.74) is 0.332. The van der Waals surface area contributed by atoms with Gasteiger partial charge in [0.15, 0.2) is 11.6 Å². The van der Waals surface area contributed by atoms with E-state index in [0.29, 0.717) is 16.8 Å². The lowest BCUT2D eigenvalue weighted by atomic mass is 10.00. The van der Waals surface area contributed by atoms with Crippen LogP contribution in [0.15, 0.2) is 61.2 Å². The highest BCUT2D eigenvalue weighted by atomic mass is 19.2. The molecule has 0 bridgehead atoms. The average molecular weight is 387 g/mol. The summed E-state index contributed by atoms with van der Waals surface area (Å²) in [6, 6.07) is 8.50. The maximum absolute atomic E-state index is 14.4. The third-order valence-corrected chi connectivity index (χ3v) is 4.21. The minimum atomic E-state index is -1.75. The first-order valence-electron chi connectivity index (χ1n) is 8.04. The Labute approximate surface area is 155 Å². The van der Waals surface area contributed by atoms with Crippen LogP contribution in [0.3, 0.4) is 0 Å². The van der Waals surface area contributed by atoms with Crippen LogP contribution in [0.2, 0.25) is 0 Å². The number of benzene rings is 1. The maximum Gasteiger partial charge on any atom is 0.252 e. The first-order valence-corrected chi connectivity index (χ1v) is 8.04. The highest BCUT2D eigenvalue weighted by Crippen LogP contribution is 2.37. The largest absolute Gasteiger partial charge is 0.323 e. The fourth-order valence-electron chi connectivity index (χ4n) is 2.90. The number of rotatable bonds is 3. The lowest BCUT2D eigenvalue weighted by molar-refractivity contribution is 0.410. The summed E-state index contributed by atoms with van der Waals surface area (Å²) >= 11 is 0. The molecule has 0 aliphatic heterocycles. The zero-order valence-corrected chi connectivity index (χ0v) is 14.0. The number of aromatic nitrogens is 3. The molecular formula is C20H10F5N3. The van der Waals surface area contributed by atoms with E-state index in [1.54, 1.807) is 12.1 Å². The molecule has 0 aliphatic rings. The highest BCUT2D eigenvalue weighted by Gasteiger charge is 2.25. The Balaban J connectivity index is 2.00. The Hall–Kier alpha value is -3.55. The minimum Gasteiger partial charge on any atom is -0.323 e. The van der Waals surface area contributed by atoms with Crippen molar-refractivity contribution in [3.8, 4) is 27.9 Å². The predicted octanol–water partition coefficient (Wildman–Crippen LogP) is 5.30. The smallest absolute Gasteiger partial charge is 0.252 e. The molecular weight excluding hydrogens is 377 g/mol. The van der Waals surface area contributed by atoms with E-state index >= 15 is 0 Å². The molecule has 1 aromatic carbocycles. The SMILES string of the molecule is Fc1ccc(-n2cc(-c3ccncc3)c(-c3c(F)c(F)nc(F)c3F)c2)cc1. The first kappa shape index (κ1) is 17.8. The van der Waals surface area contributed by atoms with Gasteiger partial charge in [0.1, 0.15) is 5.82 Å². The Bertz CT molecular complexity index is 1130. The summed E-state index contributed by atoms with van der Waals surface area (Å²) in [4.78, 5) is 6.48. The van der Waals surface area contributed by atoms with Gasteiger partial charge in [0.2, 0.25) is 0 Å². The number of hydrogen-bond acceptors (Lipinski definition) is 2. The van der Waals surface area contributed by atoms with Crippen LogP contribution >= 0.6 is 0 Å². The van der Waals surface area contributed by atoms with E-state index in [1.165, 1.54) is 53.6 Å². The molecule has 0 atom stereocenters. The van der Waals surface area contributed by atoms with E-state index in [-0.39, 0.29) is 5.56 Å². The quantitative estimate of drug-likeness (QED) is 0.353. The highest BCUT2D eigenvalue weighted by molar-refractivity contribution is 5.84. The summed E-state index contributed by atoms with van der Waals surface area (Å²) in [5, 5.41) is 0. The van der Waals surface area contributed by atoms with Crippen molar-refractivity contribution in [1.29, 1.82) is 0 Å². The van der Waals surface area contributed by atoms with Gasteiger partial charge in [-0.1, -0.05) is 0 Å². The molecule has 0 saturated heterocycles. The van der Waals surface area contributed by atoms with Crippen LogP contribution in [-0.2, 0) is 0 Å². The van der Waals surface area contributed by atoms with Crippen molar-refractivity contribution in [2.24, 2.45) is 0 Å². The third kappa shape index (κ3) is 3.02. The molecule has 0 spiro atoms. The van der Waals surface area contributed by atoms with E-state index in [4.69, 9.17) is 0 Å². The zero-order valence-electron chi connectivity index (χ0n) is 14.0.